The lowest BCUT2D eigenvalue weighted by atomic mass is 10.2. The van der Waals surface area contributed by atoms with Crippen molar-refractivity contribution >= 4 is 34.6 Å². The summed E-state index contributed by atoms with van der Waals surface area (Å²) in [7, 11) is 0. The molecule has 1 N–H and O–H groups in total. The van der Waals surface area contributed by atoms with Gasteiger partial charge in [0.15, 0.2) is 0 Å². The Kier molecular flexibility index (Phi) is 11.7. The van der Waals surface area contributed by atoms with Gasteiger partial charge in [-0.15, -0.1) is 12.6 Å². The first kappa shape index (κ1) is 21.5. The van der Waals surface area contributed by atoms with Crippen LogP contribution in [-0.4, -0.2) is 27.5 Å². The van der Waals surface area contributed by atoms with Crippen molar-refractivity contribution in [3.05, 3.63) is 71.8 Å². The molecule has 5 heteroatoms. The molecule has 0 fully saturated rings. The maximum absolute atomic E-state index is 11.8. The first-order chi connectivity index (χ1) is 12.1. The van der Waals surface area contributed by atoms with Crippen LogP contribution in [0.5, 0.6) is 0 Å². The molecule has 0 heterocycles. The predicted molar refractivity (Wildman–Crippen MR) is 109 cm³/mol. The van der Waals surface area contributed by atoms with Crippen LogP contribution in [0.25, 0.3) is 0 Å². The van der Waals surface area contributed by atoms with E-state index in [0.29, 0.717) is 17.1 Å². The molecule has 0 aliphatic heterocycles. The van der Waals surface area contributed by atoms with E-state index in [2.05, 4.69) is 12.6 Å². The Balaban J connectivity index is 0.000000293. The highest BCUT2D eigenvalue weighted by Gasteiger charge is 2.11. The minimum Gasteiger partial charge on any atom is -0.282 e. The van der Waals surface area contributed by atoms with Crippen molar-refractivity contribution in [3.8, 4) is 0 Å². The van der Waals surface area contributed by atoms with Crippen LogP contribution in [0.3, 0.4) is 0 Å². The lowest BCUT2D eigenvalue weighted by Gasteiger charge is -1.97. The standard InChI is InChI=1S/C13H17FOS.C7H6OS/c14-10-6-1-2-7-11-16-13(15)12-8-4-3-5-9-12;8-7(9)6-4-2-1-3-5-6/h3-5,8-9H,1-2,6-7,10-11H2;1-5H,(H,8,9)/p+1. The highest BCUT2D eigenvalue weighted by molar-refractivity contribution is 8.14. The third-order valence-electron chi connectivity index (χ3n) is 3.31. The van der Waals surface area contributed by atoms with Crippen LogP contribution in [0.15, 0.2) is 60.7 Å². The van der Waals surface area contributed by atoms with Gasteiger partial charge in [0.2, 0.25) is 5.12 Å². The molecule has 0 spiro atoms. The van der Waals surface area contributed by atoms with Crippen molar-refractivity contribution in [1.82, 2.24) is 0 Å². The molecule has 0 atom stereocenters. The Bertz CT molecular complexity index is 618. The minimum absolute atomic E-state index is 0.185. The van der Waals surface area contributed by atoms with Gasteiger partial charge in [0.1, 0.15) is 0 Å². The Morgan fingerprint density at radius 2 is 1.40 bits per heavy atom. The zero-order valence-corrected chi connectivity index (χ0v) is 15.8. The molecule has 0 aliphatic rings. The Morgan fingerprint density at radius 3 is 1.88 bits per heavy atom. The number of alkyl halides is 1. The van der Waals surface area contributed by atoms with Gasteiger partial charge in [0, 0.05) is 11.3 Å². The van der Waals surface area contributed by atoms with E-state index in [9.17, 15) is 14.0 Å². The highest BCUT2D eigenvalue weighted by atomic mass is 32.2. The first-order valence-corrected chi connectivity index (χ1v) is 9.67. The average Bonchev–Trinajstić information content (AvgIpc) is 2.66. The van der Waals surface area contributed by atoms with Crippen LogP contribution in [-0.2, 0) is 0 Å². The number of hydrogen-bond acceptors (Lipinski definition) is 2. The number of halogens is 1. The van der Waals surface area contributed by atoms with E-state index in [4.69, 9.17) is 0 Å². The van der Waals surface area contributed by atoms with Gasteiger partial charge in [-0.2, -0.15) is 0 Å². The predicted octanol–water partition coefficient (Wildman–Crippen LogP) is 5.56. The molecule has 0 aliphatic carbocycles. The van der Waals surface area contributed by atoms with E-state index in [1.54, 1.807) is 12.1 Å². The number of unbranched alkanes of at least 4 members (excludes halogenated alkanes) is 3. The summed E-state index contributed by atoms with van der Waals surface area (Å²) < 4.78 is 11.8. The maximum atomic E-state index is 11.8. The average molecular weight is 380 g/mol. The van der Waals surface area contributed by atoms with Gasteiger partial charge in [0.25, 0.3) is 0 Å². The second-order valence-electron chi connectivity index (χ2n) is 5.29. The molecule has 2 aromatic carbocycles. The lowest BCUT2D eigenvalue weighted by molar-refractivity contribution is 0.109. The van der Waals surface area contributed by atoms with Crippen LogP contribution in [0.2, 0.25) is 0 Å². The lowest BCUT2D eigenvalue weighted by Crippen LogP contribution is -1.96. The molecule has 134 valence electrons. The normalized spacial score (nSPS) is 9.84. The molecule has 0 amide bonds. The second-order valence-corrected chi connectivity index (χ2v) is 6.78. The summed E-state index contributed by atoms with van der Waals surface area (Å²) >= 11 is 5.11. The molecular formula is C20H24FO2S2+. The van der Waals surface area contributed by atoms with Gasteiger partial charge in [-0.3, -0.25) is 14.0 Å². The first-order valence-electron chi connectivity index (χ1n) is 8.23. The quantitative estimate of drug-likeness (QED) is 0.371. The van der Waals surface area contributed by atoms with Gasteiger partial charge in [-0.05, 0) is 36.7 Å². The Hall–Kier alpha value is -1.59. The van der Waals surface area contributed by atoms with Crippen molar-refractivity contribution in [1.29, 1.82) is 0 Å². The molecule has 2 nitrogen and oxygen atoms in total. The molecule has 0 saturated heterocycles. The molecule has 0 radical (unpaired) electrons. The topological polar surface area (TPSA) is 38.5 Å². The van der Waals surface area contributed by atoms with Crippen LogP contribution in [0.4, 0.5) is 4.39 Å². The van der Waals surface area contributed by atoms with Gasteiger partial charge >= 0.3 is 5.12 Å². The van der Waals surface area contributed by atoms with E-state index in [1.165, 1.54) is 11.8 Å². The molecule has 0 aromatic heterocycles. The van der Waals surface area contributed by atoms with E-state index in [-0.39, 0.29) is 11.8 Å². The fraction of sp³-hybridized carbons (Fsp3) is 0.300. The third-order valence-corrected chi connectivity index (χ3v) is 4.57. The summed E-state index contributed by atoms with van der Waals surface area (Å²) in [4.78, 5) is 20.3. The summed E-state index contributed by atoms with van der Waals surface area (Å²) in [6, 6.07) is 18.5. The largest absolute Gasteiger partial charge is 0.382 e. The number of carbonyl (C=O) groups excluding carboxylic acids is 2. The Labute approximate surface area is 158 Å². The Morgan fingerprint density at radius 1 is 0.880 bits per heavy atom. The highest BCUT2D eigenvalue weighted by Crippen LogP contribution is 2.14. The van der Waals surface area contributed by atoms with E-state index in [0.717, 1.165) is 30.6 Å². The number of rotatable bonds is 8. The second kappa shape index (κ2) is 13.7. The molecule has 25 heavy (non-hydrogen) atoms. The molecular weight excluding hydrogens is 355 g/mol. The smallest absolute Gasteiger partial charge is 0.282 e. The summed E-state index contributed by atoms with van der Waals surface area (Å²) in [5.74, 6) is 0.896. The summed E-state index contributed by atoms with van der Waals surface area (Å²) in [6.07, 6.45) is 3.68. The van der Waals surface area contributed by atoms with E-state index >= 15 is 0 Å². The molecule has 0 unspecified atom stereocenters. The zero-order valence-electron chi connectivity index (χ0n) is 14.1. The number of thioether (sulfide) groups is 1. The van der Waals surface area contributed by atoms with Gasteiger partial charge < -0.3 is 0 Å². The molecule has 2 rings (SSSR count). The van der Waals surface area contributed by atoms with Crippen molar-refractivity contribution in [2.45, 2.75) is 25.7 Å². The van der Waals surface area contributed by atoms with Crippen molar-refractivity contribution < 1.29 is 14.0 Å². The SMILES string of the molecule is O=C(S)c1ccccc1.[OH+]=C(SCCCCCCF)c1ccccc1. The maximum Gasteiger partial charge on any atom is 0.382 e. The fourth-order valence-electron chi connectivity index (χ4n) is 1.96. The van der Waals surface area contributed by atoms with Crippen molar-refractivity contribution in [2.75, 3.05) is 12.4 Å². The van der Waals surface area contributed by atoms with Crippen LogP contribution >= 0.6 is 24.4 Å². The number of thiol groups is 1. The number of carbonyl (C=O) groups is 1. The third kappa shape index (κ3) is 10.1. The van der Waals surface area contributed by atoms with E-state index in [1.807, 2.05) is 48.5 Å². The summed E-state index contributed by atoms with van der Waals surface area (Å²) in [6.45, 7) is -0.214. The monoisotopic (exact) mass is 379 g/mol. The van der Waals surface area contributed by atoms with Crippen LogP contribution in [0, 0.1) is 0 Å². The summed E-state index contributed by atoms with van der Waals surface area (Å²) in [5, 5.41) is 0.196. The zero-order chi connectivity index (χ0) is 18.3. The molecule has 0 bridgehead atoms. The molecule has 0 saturated carbocycles. The molecule has 2 aromatic rings. The van der Waals surface area contributed by atoms with Crippen LogP contribution < -0.4 is 0 Å². The minimum atomic E-state index is -0.214. The van der Waals surface area contributed by atoms with Gasteiger partial charge in [-0.1, -0.05) is 61.4 Å². The van der Waals surface area contributed by atoms with Gasteiger partial charge in [-0.25, -0.2) is 0 Å². The van der Waals surface area contributed by atoms with Crippen molar-refractivity contribution in [3.63, 3.8) is 0 Å². The van der Waals surface area contributed by atoms with Crippen LogP contribution in [0.1, 0.15) is 41.6 Å². The van der Waals surface area contributed by atoms with Crippen molar-refractivity contribution in [2.24, 2.45) is 0 Å². The number of hydrogen-bond donors (Lipinski definition) is 1. The number of benzene rings is 2. The van der Waals surface area contributed by atoms with Gasteiger partial charge in [0.05, 0.1) is 12.2 Å². The van der Waals surface area contributed by atoms with E-state index < -0.39 is 0 Å². The summed E-state index contributed by atoms with van der Waals surface area (Å²) in [5.41, 5.74) is 1.51. The fourth-order valence-corrected chi connectivity index (χ4v) is 2.96.